The van der Waals surface area contributed by atoms with E-state index in [4.69, 9.17) is 14.2 Å². The number of hydrogen-bond acceptors (Lipinski definition) is 6. The van der Waals surface area contributed by atoms with Crippen LogP contribution in [0, 0.1) is 0 Å². The van der Waals surface area contributed by atoms with Crippen LogP contribution in [0.5, 0.6) is 11.5 Å². The summed E-state index contributed by atoms with van der Waals surface area (Å²) in [6.07, 6.45) is 3.98. The van der Waals surface area contributed by atoms with Gasteiger partial charge >= 0.3 is 5.97 Å². The summed E-state index contributed by atoms with van der Waals surface area (Å²) in [4.78, 5) is 16.1. The zero-order valence-corrected chi connectivity index (χ0v) is 14.5. The maximum absolute atomic E-state index is 12.1. The normalized spacial score (nSPS) is 16.0. The second-order valence-corrected chi connectivity index (χ2v) is 5.77. The number of rotatable bonds is 6. The molecule has 2 aromatic rings. The fourth-order valence-corrected chi connectivity index (χ4v) is 2.91. The Hall–Kier alpha value is -2.60. The van der Waals surface area contributed by atoms with Gasteiger partial charge in [-0.15, -0.1) is 0 Å². The zero-order chi connectivity index (χ0) is 17.6. The first kappa shape index (κ1) is 17.2. The minimum atomic E-state index is -0.372. The SMILES string of the molecule is CCOC(=O)[C@@H]1Cc2c(ccc(OC)c2OCc2ccncc2)CN1. The zero-order valence-electron chi connectivity index (χ0n) is 14.5. The predicted octanol–water partition coefficient (Wildman–Crippen LogP) is 2.25. The molecule has 1 aliphatic heterocycles. The lowest BCUT2D eigenvalue weighted by Crippen LogP contribution is -2.42. The molecular weight excluding hydrogens is 320 g/mol. The van der Waals surface area contributed by atoms with E-state index in [1.165, 1.54) is 0 Å². The Labute approximate surface area is 147 Å². The highest BCUT2D eigenvalue weighted by Gasteiger charge is 2.29. The van der Waals surface area contributed by atoms with Gasteiger partial charge in [0, 0.05) is 30.9 Å². The van der Waals surface area contributed by atoms with Crippen LogP contribution in [0.1, 0.15) is 23.6 Å². The smallest absolute Gasteiger partial charge is 0.323 e. The average molecular weight is 342 g/mol. The topological polar surface area (TPSA) is 69.7 Å². The number of esters is 1. The summed E-state index contributed by atoms with van der Waals surface area (Å²) in [5.74, 6) is 1.11. The van der Waals surface area contributed by atoms with Crippen LogP contribution in [0.15, 0.2) is 36.7 Å². The highest BCUT2D eigenvalue weighted by Crippen LogP contribution is 2.36. The number of carbonyl (C=O) groups is 1. The summed E-state index contributed by atoms with van der Waals surface area (Å²) < 4.78 is 16.7. The van der Waals surface area contributed by atoms with Crippen molar-refractivity contribution in [2.45, 2.75) is 32.5 Å². The van der Waals surface area contributed by atoms with Gasteiger partial charge < -0.3 is 19.5 Å². The van der Waals surface area contributed by atoms with E-state index in [1.54, 1.807) is 26.4 Å². The number of pyridine rings is 1. The van der Waals surface area contributed by atoms with Gasteiger partial charge in [-0.3, -0.25) is 9.78 Å². The second kappa shape index (κ2) is 7.98. The van der Waals surface area contributed by atoms with Crippen molar-refractivity contribution in [3.05, 3.63) is 53.3 Å². The first-order chi connectivity index (χ1) is 12.2. The van der Waals surface area contributed by atoms with E-state index >= 15 is 0 Å². The molecule has 0 saturated carbocycles. The standard InChI is InChI=1S/C19H22N2O4/c1-3-24-19(22)16-10-15-14(11-21-16)4-5-17(23-2)18(15)25-12-13-6-8-20-9-7-13/h4-9,16,21H,3,10-12H2,1-2H3/t16-/m0/s1. The van der Waals surface area contributed by atoms with Crippen molar-refractivity contribution < 1.29 is 19.0 Å². The Kier molecular flexibility index (Phi) is 5.50. The van der Waals surface area contributed by atoms with Crippen molar-refractivity contribution in [3.63, 3.8) is 0 Å². The van der Waals surface area contributed by atoms with Crippen LogP contribution >= 0.6 is 0 Å². The molecule has 132 valence electrons. The third kappa shape index (κ3) is 3.91. The molecule has 6 heteroatoms. The average Bonchev–Trinajstić information content (AvgIpc) is 2.66. The van der Waals surface area contributed by atoms with Crippen molar-refractivity contribution in [2.75, 3.05) is 13.7 Å². The number of fused-ring (bicyclic) bond motifs is 1. The quantitative estimate of drug-likeness (QED) is 0.812. The van der Waals surface area contributed by atoms with Crippen molar-refractivity contribution >= 4 is 5.97 Å². The van der Waals surface area contributed by atoms with Gasteiger partial charge in [-0.05, 0) is 36.2 Å². The summed E-state index contributed by atoms with van der Waals surface area (Å²) >= 11 is 0. The van der Waals surface area contributed by atoms with Crippen LogP contribution < -0.4 is 14.8 Å². The molecular formula is C19H22N2O4. The van der Waals surface area contributed by atoms with Gasteiger partial charge in [-0.25, -0.2) is 0 Å². The molecule has 3 rings (SSSR count). The third-order valence-corrected chi connectivity index (χ3v) is 4.19. The van der Waals surface area contributed by atoms with Gasteiger partial charge in [0.2, 0.25) is 0 Å². The van der Waals surface area contributed by atoms with E-state index in [1.807, 2.05) is 24.3 Å². The van der Waals surface area contributed by atoms with Gasteiger partial charge in [0.05, 0.1) is 13.7 Å². The third-order valence-electron chi connectivity index (χ3n) is 4.19. The highest BCUT2D eigenvalue weighted by molar-refractivity contribution is 5.77. The summed E-state index contributed by atoms with van der Waals surface area (Å²) in [5, 5.41) is 3.22. The van der Waals surface area contributed by atoms with E-state index < -0.39 is 0 Å². The molecule has 0 unspecified atom stereocenters. The molecule has 1 N–H and O–H groups in total. The number of aromatic nitrogens is 1. The largest absolute Gasteiger partial charge is 0.493 e. The Morgan fingerprint density at radius 3 is 2.80 bits per heavy atom. The van der Waals surface area contributed by atoms with Crippen LogP contribution in [0.3, 0.4) is 0 Å². The first-order valence-electron chi connectivity index (χ1n) is 8.33. The Morgan fingerprint density at radius 1 is 1.28 bits per heavy atom. The fraction of sp³-hybridized carbons (Fsp3) is 0.368. The summed E-state index contributed by atoms with van der Waals surface area (Å²) in [7, 11) is 1.62. The van der Waals surface area contributed by atoms with Crippen LogP contribution in [0.4, 0.5) is 0 Å². The molecule has 2 heterocycles. The monoisotopic (exact) mass is 342 g/mol. The summed E-state index contributed by atoms with van der Waals surface area (Å²) in [5.41, 5.74) is 3.11. The van der Waals surface area contributed by atoms with Crippen molar-refractivity contribution in [1.29, 1.82) is 0 Å². The predicted molar refractivity (Wildman–Crippen MR) is 92.5 cm³/mol. The van der Waals surface area contributed by atoms with E-state index in [0.717, 1.165) is 16.7 Å². The highest BCUT2D eigenvalue weighted by atomic mass is 16.5. The first-order valence-corrected chi connectivity index (χ1v) is 8.33. The molecule has 1 aliphatic rings. The number of methoxy groups -OCH3 is 1. The van der Waals surface area contributed by atoms with Crippen molar-refractivity contribution in [3.8, 4) is 11.5 Å². The fourth-order valence-electron chi connectivity index (χ4n) is 2.91. The molecule has 25 heavy (non-hydrogen) atoms. The minimum absolute atomic E-state index is 0.240. The Bertz CT molecular complexity index is 734. The van der Waals surface area contributed by atoms with Crippen LogP contribution in [0.25, 0.3) is 0 Å². The molecule has 0 radical (unpaired) electrons. The van der Waals surface area contributed by atoms with Crippen molar-refractivity contribution in [1.82, 2.24) is 10.3 Å². The summed E-state index contributed by atoms with van der Waals surface area (Å²) in [6.45, 7) is 3.18. The van der Waals surface area contributed by atoms with Gasteiger partial charge in [-0.1, -0.05) is 6.07 Å². The van der Waals surface area contributed by atoms with Gasteiger partial charge in [0.1, 0.15) is 12.6 Å². The number of nitrogens with one attached hydrogen (secondary N) is 1. The lowest BCUT2D eigenvalue weighted by Gasteiger charge is -2.27. The van der Waals surface area contributed by atoms with Crippen LogP contribution in [-0.4, -0.2) is 30.7 Å². The molecule has 0 aliphatic carbocycles. The van der Waals surface area contributed by atoms with E-state index in [9.17, 15) is 4.79 Å². The van der Waals surface area contributed by atoms with Crippen LogP contribution in [0.2, 0.25) is 0 Å². The molecule has 0 amide bonds. The number of hydrogen-bond donors (Lipinski definition) is 1. The van der Waals surface area contributed by atoms with E-state index in [0.29, 0.717) is 37.7 Å². The number of benzene rings is 1. The van der Waals surface area contributed by atoms with Crippen molar-refractivity contribution in [2.24, 2.45) is 0 Å². The molecule has 1 aromatic heterocycles. The van der Waals surface area contributed by atoms with Gasteiger partial charge in [0.25, 0.3) is 0 Å². The number of carbonyl (C=O) groups excluding carboxylic acids is 1. The molecule has 0 saturated heterocycles. The molecule has 0 bridgehead atoms. The lowest BCUT2D eigenvalue weighted by molar-refractivity contribution is -0.145. The maximum Gasteiger partial charge on any atom is 0.323 e. The lowest BCUT2D eigenvalue weighted by atomic mass is 9.94. The van der Waals surface area contributed by atoms with Gasteiger partial charge in [0.15, 0.2) is 11.5 Å². The van der Waals surface area contributed by atoms with Crippen LogP contribution in [-0.2, 0) is 29.1 Å². The summed E-state index contributed by atoms with van der Waals surface area (Å²) in [6, 6.07) is 7.34. The Balaban J connectivity index is 1.85. The second-order valence-electron chi connectivity index (χ2n) is 5.77. The minimum Gasteiger partial charge on any atom is -0.493 e. The van der Waals surface area contributed by atoms with Gasteiger partial charge in [-0.2, -0.15) is 0 Å². The molecule has 1 aromatic carbocycles. The van der Waals surface area contributed by atoms with E-state index in [-0.39, 0.29) is 12.0 Å². The number of ether oxygens (including phenoxy) is 3. The Morgan fingerprint density at radius 2 is 2.08 bits per heavy atom. The molecule has 6 nitrogen and oxygen atoms in total. The van der Waals surface area contributed by atoms with E-state index in [2.05, 4.69) is 10.3 Å². The molecule has 0 fully saturated rings. The number of nitrogens with zero attached hydrogens (tertiary/aromatic N) is 1. The molecule has 1 atom stereocenters. The maximum atomic E-state index is 12.1. The molecule has 0 spiro atoms.